The number of hydrogen-bond donors (Lipinski definition) is 1. The minimum atomic E-state index is 0.866. The Morgan fingerprint density at radius 1 is 1.62 bits per heavy atom. The van der Waals surface area contributed by atoms with E-state index in [2.05, 4.69) is 33.2 Å². The summed E-state index contributed by atoms with van der Waals surface area (Å²) in [4.78, 5) is 4.25. The maximum Gasteiger partial charge on any atom is 0.125 e. The molecule has 1 aliphatic rings. The normalized spacial score (nSPS) is 25.7. The molecule has 1 aromatic rings. The predicted octanol–water partition coefficient (Wildman–Crippen LogP) is 2.91. The fourth-order valence-corrected chi connectivity index (χ4v) is 1.63. The maximum absolute atomic E-state index is 4.25. The third-order valence-corrected chi connectivity index (χ3v) is 3.02. The average Bonchev–Trinajstić information content (AvgIpc) is 2.81. The highest BCUT2D eigenvalue weighted by molar-refractivity contribution is 9.10. The lowest BCUT2D eigenvalue weighted by atomic mass is 10.3. The van der Waals surface area contributed by atoms with Gasteiger partial charge in [0.2, 0.25) is 0 Å². The molecule has 0 saturated heterocycles. The average molecular weight is 241 g/mol. The highest BCUT2D eigenvalue weighted by atomic mass is 79.9. The third-order valence-electron chi connectivity index (χ3n) is 2.55. The molecule has 0 bridgehead atoms. The van der Waals surface area contributed by atoms with Crippen LogP contribution in [0.5, 0.6) is 0 Å². The van der Waals surface area contributed by atoms with Gasteiger partial charge in [0.1, 0.15) is 5.82 Å². The van der Waals surface area contributed by atoms with E-state index >= 15 is 0 Å². The molecule has 70 valence electrons. The van der Waals surface area contributed by atoms with E-state index in [0.29, 0.717) is 0 Å². The van der Waals surface area contributed by atoms with Gasteiger partial charge in [-0.15, -0.1) is 0 Å². The van der Waals surface area contributed by atoms with Crippen LogP contribution in [0.3, 0.4) is 0 Å². The Kier molecular flexibility index (Phi) is 2.54. The quantitative estimate of drug-likeness (QED) is 0.880. The minimum absolute atomic E-state index is 0.866. The van der Waals surface area contributed by atoms with Crippen LogP contribution in [0.2, 0.25) is 0 Å². The molecule has 0 aromatic carbocycles. The van der Waals surface area contributed by atoms with Crippen molar-refractivity contribution < 1.29 is 0 Å². The monoisotopic (exact) mass is 240 g/mol. The van der Waals surface area contributed by atoms with Crippen LogP contribution in [0, 0.1) is 11.8 Å². The summed E-state index contributed by atoms with van der Waals surface area (Å²) in [5.41, 5.74) is 0. The summed E-state index contributed by atoms with van der Waals surface area (Å²) in [6.45, 7) is 3.36. The summed E-state index contributed by atoms with van der Waals surface area (Å²) in [6.07, 6.45) is 3.18. The lowest BCUT2D eigenvalue weighted by molar-refractivity contribution is 0.784. The lowest BCUT2D eigenvalue weighted by Crippen LogP contribution is -2.05. The first-order valence-electron chi connectivity index (χ1n) is 4.61. The van der Waals surface area contributed by atoms with Gasteiger partial charge in [0.05, 0.1) is 0 Å². The van der Waals surface area contributed by atoms with Crippen molar-refractivity contribution >= 4 is 21.7 Å². The molecular formula is C10H13BrN2. The molecule has 3 heteroatoms. The van der Waals surface area contributed by atoms with Gasteiger partial charge in [0, 0.05) is 17.2 Å². The minimum Gasteiger partial charge on any atom is -0.370 e. The number of aromatic nitrogens is 1. The fourth-order valence-electron chi connectivity index (χ4n) is 1.40. The number of hydrogen-bond acceptors (Lipinski definition) is 2. The summed E-state index contributed by atoms with van der Waals surface area (Å²) >= 11 is 3.36. The Bertz CT molecular complexity index is 283. The molecule has 2 unspecified atom stereocenters. The highest BCUT2D eigenvalue weighted by Gasteiger charge is 2.31. The van der Waals surface area contributed by atoms with Crippen LogP contribution in [0.25, 0.3) is 0 Å². The molecule has 1 fully saturated rings. The highest BCUT2D eigenvalue weighted by Crippen LogP contribution is 2.37. The van der Waals surface area contributed by atoms with Crippen molar-refractivity contribution in [2.24, 2.45) is 11.8 Å². The number of pyridine rings is 1. The van der Waals surface area contributed by atoms with Gasteiger partial charge in [-0.3, -0.25) is 0 Å². The molecule has 0 aliphatic heterocycles. The van der Waals surface area contributed by atoms with Crippen molar-refractivity contribution in [2.45, 2.75) is 13.3 Å². The SMILES string of the molecule is CC1CC1CNc1ccc(Br)cn1. The molecule has 0 amide bonds. The number of nitrogens with zero attached hydrogens (tertiary/aromatic N) is 1. The largest absolute Gasteiger partial charge is 0.370 e. The van der Waals surface area contributed by atoms with Gasteiger partial charge in [-0.1, -0.05) is 6.92 Å². The number of nitrogens with one attached hydrogen (secondary N) is 1. The summed E-state index contributed by atoms with van der Waals surface area (Å²) < 4.78 is 1.03. The van der Waals surface area contributed by atoms with Crippen molar-refractivity contribution in [3.05, 3.63) is 22.8 Å². The standard InChI is InChI=1S/C10H13BrN2/c1-7-4-8(7)5-12-10-3-2-9(11)6-13-10/h2-3,6-8H,4-5H2,1H3,(H,12,13). The van der Waals surface area contributed by atoms with Crippen LogP contribution >= 0.6 is 15.9 Å². The van der Waals surface area contributed by atoms with E-state index in [9.17, 15) is 0 Å². The number of rotatable bonds is 3. The van der Waals surface area contributed by atoms with E-state index < -0.39 is 0 Å². The van der Waals surface area contributed by atoms with E-state index in [0.717, 1.165) is 28.7 Å². The first-order valence-corrected chi connectivity index (χ1v) is 5.40. The summed E-state index contributed by atoms with van der Waals surface area (Å²) in [5.74, 6) is 2.75. The second-order valence-corrected chi connectivity index (χ2v) is 4.63. The predicted molar refractivity (Wildman–Crippen MR) is 57.7 cm³/mol. The maximum atomic E-state index is 4.25. The molecule has 2 rings (SSSR count). The molecule has 0 spiro atoms. The van der Waals surface area contributed by atoms with Crippen LogP contribution in [0.15, 0.2) is 22.8 Å². The first kappa shape index (κ1) is 9.00. The molecule has 1 aromatic heterocycles. The fraction of sp³-hybridized carbons (Fsp3) is 0.500. The molecule has 1 saturated carbocycles. The van der Waals surface area contributed by atoms with Crippen LogP contribution in [-0.4, -0.2) is 11.5 Å². The second-order valence-electron chi connectivity index (χ2n) is 3.72. The molecule has 1 N–H and O–H groups in total. The third kappa shape index (κ3) is 2.44. The molecule has 13 heavy (non-hydrogen) atoms. The first-order chi connectivity index (χ1) is 6.25. The second kappa shape index (κ2) is 3.66. The van der Waals surface area contributed by atoms with E-state index in [4.69, 9.17) is 0 Å². The Hall–Kier alpha value is -0.570. The molecule has 2 atom stereocenters. The summed E-state index contributed by atoms with van der Waals surface area (Å²) in [6, 6.07) is 4.00. The van der Waals surface area contributed by atoms with E-state index in [1.165, 1.54) is 6.42 Å². The van der Waals surface area contributed by atoms with Crippen LogP contribution in [-0.2, 0) is 0 Å². The Morgan fingerprint density at radius 2 is 2.38 bits per heavy atom. The summed E-state index contributed by atoms with van der Waals surface area (Å²) in [5, 5.41) is 3.33. The molecule has 1 heterocycles. The van der Waals surface area contributed by atoms with Gasteiger partial charge in [-0.05, 0) is 46.3 Å². The zero-order valence-corrected chi connectivity index (χ0v) is 9.21. The number of halogens is 1. The summed E-state index contributed by atoms with van der Waals surface area (Å²) in [7, 11) is 0. The van der Waals surface area contributed by atoms with Crippen molar-refractivity contribution in [1.29, 1.82) is 0 Å². The molecule has 2 nitrogen and oxygen atoms in total. The van der Waals surface area contributed by atoms with Crippen molar-refractivity contribution in [3.63, 3.8) is 0 Å². The van der Waals surface area contributed by atoms with Gasteiger partial charge >= 0.3 is 0 Å². The van der Waals surface area contributed by atoms with Crippen molar-refractivity contribution in [1.82, 2.24) is 4.98 Å². The topological polar surface area (TPSA) is 24.9 Å². The van der Waals surface area contributed by atoms with Gasteiger partial charge in [-0.2, -0.15) is 0 Å². The van der Waals surface area contributed by atoms with Gasteiger partial charge in [0.15, 0.2) is 0 Å². The van der Waals surface area contributed by atoms with Crippen LogP contribution in [0.4, 0.5) is 5.82 Å². The molecule has 0 radical (unpaired) electrons. The molecule has 1 aliphatic carbocycles. The van der Waals surface area contributed by atoms with Gasteiger partial charge < -0.3 is 5.32 Å². The zero-order valence-electron chi connectivity index (χ0n) is 7.63. The van der Waals surface area contributed by atoms with Crippen molar-refractivity contribution in [3.8, 4) is 0 Å². The van der Waals surface area contributed by atoms with Crippen LogP contribution < -0.4 is 5.32 Å². The Balaban J connectivity index is 1.84. The number of anilines is 1. The smallest absolute Gasteiger partial charge is 0.125 e. The van der Waals surface area contributed by atoms with E-state index in [-0.39, 0.29) is 0 Å². The van der Waals surface area contributed by atoms with Gasteiger partial charge in [-0.25, -0.2) is 4.98 Å². The van der Waals surface area contributed by atoms with Crippen molar-refractivity contribution in [2.75, 3.05) is 11.9 Å². The van der Waals surface area contributed by atoms with Gasteiger partial charge in [0.25, 0.3) is 0 Å². The zero-order chi connectivity index (χ0) is 9.26. The van der Waals surface area contributed by atoms with Crippen LogP contribution in [0.1, 0.15) is 13.3 Å². The Morgan fingerprint density at radius 3 is 2.92 bits per heavy atom. The van der Waals surface area contributed by atoms with E-state index in [1.807, 2.05) is 18.3 Å². The van der Waals surface area contributed by atoms with E-state index in [1.54, 1.807) is 0 Å². The molecular weight excluding hydrogens is 228 g/mol. The lowest BCUT2D eigenvalue weighted by Gasteiger charge is -2.03. The Labute approximate surface area is 86.9 Å².